The lowest BCUT2D eigenvalue weighted by Crippen LogP contribution is -2.19. The Morgan fingerprint density at radius 3 is 2.25 bits per heavy atom. The predicted octanol–water partition coefficient (Wildman–Crippen LogP) is 9.88. The fraction of sp³-hybridized carbons (Fsp3) is 0.459. The Kier molecular flexibility index (Phi) is 9.52. The van der Waals surface area contributed by atoms with Crippen LogP contribution in [0.2, 0.25) is 0 Å². The van der Waals surface area contributed by atoms with Crippen molar-refractivity contribution >= 4 is 23.4 Å². The minimum absolute atomic E-state index is 0.0604. The lowest BCUT2D eigenvalue weighted by molar-refractivity contribution is 0.100. The van der Waals surface area contributed by atoms with E-state index in [2.05, 4.69) is 26.0 Å². The first-order chi connectivity index (χ1) is 19.6. The van der Waals surface area contributed by atoms with Gasteiger partial charge in [-0.15, -0.1) is 0 Å². The molecule has 0 bridgehead atoms. The molecule has 40 heavy (non-hydrogen) atoms. The standard InChI is InChI=1S/C37H44O3/c1-3-5-7-9-14-26-19-20-27(24-26)28-17-13-18-31-29(28)21-22-33(36(31)38)34-25-35(40-23-12-8-6-4-2)30-15-10-11-16-32(30)37(34)39/h10-11,13,15-18,21-22,25-27H,3-9,12,14,19-20,23-24H2,1-2H3. The van der Waals surface area contributed by atoms with Crippen LogP contribution < -0.4 is 0 Å². The summed E-state index contributed by atoms with van der Waals surface area (Å²) in [4.78, 5) is 27.5. The van der Waals surface area contributed by atoms with Crippen molar-refractivity contribution in [2.24, 2.45) is 5.92 Å². The van der Waals surface area contributed by atoms with Gasteiger partial charge in [0.15, 0.2) is 11.6 Å². The SMILES string of the molecule is CCCCCCOC1=CC(=C2C=Cc3c(cccc3C3CCC(CCCCCC)C3)C2=O)C(=O)c2ccccc21. The second kappa shape index (κ2) is 13.4. The molecule has 3 nitrogen and oxygen atoms in total. The van der Waals surface area contributed by atoms with Crippen LogP contribution in [0, 0.1) is 5.92 Å². The van der Waals surface area contributed by atoms with E-state index < -0.39 is 0 Å². The molecule has 0 amide bonds. The van der Waals surface area contributed by atoms with Crippen LogP contribution in [0.1, 0.15) is 134 Å². The highest BCUT2D eigenvalue weighted by atomic mass is 16.5. The maximum atomic E-state index is 13.9. The molecule has 0 N–H and O–H groups in total. The monoisotopic (exact) mass is 536 g/mol. The fourth-order valence-electron chi connectivity index (χ4n) is 6.75. The van der Waals surface area contributed by atoms with E-state index in [9.17, 15) is 9.59 Å². The van der Waals surface area contributed by atoms with Crippen molar-refractivity contribution in [1.29, 1.82) is 0 Å². The van der Waals surface area contributed by atoms with Gasteiger partial charge in [-0.2, -0.15) is 0 Å². The van der Waals surface area contributed by atoms with Gasteiger partial charge in [-0.05, 0) is 60.8 Å². The highest BCUT2D eigenvalue weighted by Crippen LogP contribution is 2.44. The molecule has 1 saturated carbocycles. The third-order valence-corrected chi connectivity index (χ3v) is 9.00. The highest BCUT2D eigenvalue weighted by molar-refractivity contribution is 6.25. The average Bonchev–Trinajstić information content (AvgIpc) is 3.45. The van der Waals surface area contributed by atoms with Crippen LogP contribution in [0.5, 0.6) is 0 Å². The number of rotatable bonds is 12. The zero-order chi connectivity index (χ0) is 27.9. The summed E-state index contributed by atoms with van der Waals surface area (Å²) in [7, 11) is 0. The van der Waals surface area contributed by atoms with Crippen molar-refractivity contribution in [3.05, 3.63) is 93.6 Å². The van der Waals surface area contributed by atoms with Crippen LogP contribution in [-0.2, 0) is 4.74 Å². The number of allylic oxidation sites excluding steroid dienone is 4. The maximum absolute atomic E-state index is 13.9. The number of fused-ring (bicyclic) bond motifs is 2. The molecule has 2 aromatic rings. The molecule has 1 fully saturated rings. The predicted molar refractivity (Wildman–Crippen MR) is 165 cm³/mol. The van der Waals surface area contributed by atoms with Gasteiger partial charge in [0.1, 0.15) is 5.76 Å². The second-order valence-corrected chi connectivity index (χ2v) is 11.8. The molecule has 0 saturated heterocycles. The Labute approximate surface area is 240 Å². The third kappa shape index (κ3) is 6.09. The number of ether oxygens (including phenoxy) is 1. The molecule has 3 aliphatic carbocycles. The number of ketones is 2. The van der Waals surface area contributed by atoms with Gasteiger partial charge in [-0.1, -0.05) is 114 Å². The fourth-order valence-corrected chi connectivity index (χ4v) is 6.75. The van der Waals surface area contributed by atoms with Gasteiger partial charge >= 0.3 is 0 Å². The van der Waals surface area contributed by atoms with Crippen molar-refractivity contribution in [3.63, 3.8) is 0 Å². The highest BCUT2D eigenvalue weighted by Gasteiger charge is 2.32. The molecule has 0 aliphatic heterocycles. The summed E-state index contributed by atoms with van der Waals surface area (Å²) in [6.45, 7) is 5.07. The number of unbranched alkanes of at least 4 members (excludes halogenated alkanes) is 6. The molecule has 0 radical (unpaired) electrons. The van der Waals surface area contributed by atoms with Crippen LogP contribution in [0.25, 0.3) is 11.8 Å². The first kappa shape index (κ1) is 28.3. The molecular formula is C37H44O3. The number of benzene rings is 2. The van der Waals surface area contributed by atoms with Crippen molar-refractivity contribution in [2.75, 3.05) is 6.61 Å². The Hall–Kier alpha value is -3.20. The Balaban J connectivity index is 1.40. The molecule has 0 spiro atoms. The molecule has 2 unspecified atom stereocenters. The minimum Gasteiger partial charge on any atom is -0.493 e. The Morgan fingerprint density at radius 1 is 0.725 bits per heavy atom. The molecule has 0 aromatic heterocycles. The summed E-state index contributed by atoms with van der Waals surface area (Å²) in [6, 6.07) is 13.8. The lowest BCUT2D eigenvalue weighted by Gasteiger charge is -2.23. The molecule has 2 atom stereocenters. The lowest BCUT2D eigenvalue weighted by atomic mass is 9.80. The van der Waals surface area contributed by atoms with Crippen LogP contribution in [0.4, 0.5) is 0 Å². The first-order valence-electron chi connectivity index (χ1n) is 15.7. The zero-order valence-electron chi connectivity index (χ0n) is 24.3. The van der Waals surface area contributed by atoms with Gasteiger partial charge in [-0.25, -0.2) is 0 Å². The topological polar surface area (TPSA) is 43.4 Å². The van der Waals surface area contributed by atoms with Crippen LogP contribution in [0.3, 0.4) is 0 Å². The van der Waals surface area contributed by atoms with E-state index in [-0.39, 0.29) is 11.6 Å². The molecule has 3 heteroatoms. The van der Waals surface area contributed by atoms with Gasteiger partial charge in [0.25, 0.3) is 0 Å². The summed E-state index contributed by atoms with van der Waals surface area (Å²) in [5, 5.41) is 0. The van der Waals surface area contributed by atoms with Gasteiger partial charge in [0, 0.05) is 27.8 Å². The molecular weight excluding hydrogens is 492 g/mol. The number of Topliss-reactive ketones (excluding diaryl/α,β-unsaturated/α-hetero) is 2. The van der Waals surface area contributed by atoms with Crippen molar-refractivity contribution in [1.82, 2.24) is 0 Å². The van der Waals surface area contributed by atoms with E-state index in [0.29, 0.717) is 35.0 Å². The molecule has 2 aromatic carbocycles. The van der Waals surface area contributed by atoms with Crippen molar-refractivity contribution < 1.29 is 14.3 Å². The molecule has 3 aliphatic rings. The summed E-state index contributed by atoms with van der Waals surface area (Å²) in [6.07, 6.45) is 20.5. The van der Waals surface area contributed by atoms with Gasteiger partial charge < -0.3 is 4.74 Å². The van der Waals surface area contributed by atoms with E-state index in [1.54, 1.807) is 6.08 Å². The van der Waals surface area contributed by atoms with Gasteiger partial charge in [0.2, 0.25) is 0 Å². The quantitative estimate of drug-likeness (QED) is 0.200. The van der Waals surface area contributed by atoms with E-state index in [0.717, 1.165) is 35.4 Å². The third-order valence-electron chi connectivity index (χ3n) is 9.00. The van der Waals surface area contributed by atoms with Crippen molar-refractivity contribution in [2.45, 2.75) is 96.8 Å². The molecule has 5 rings (SSSR count). The summed E-state index contributed by atoms with van der Waals surface area (Å²) in [5.74, 6) is 1.82. The van der Waals surface area contributed by atoms with E-state index >= 15 is 0 Å². The van der Waals surface area contributed by atoms with Crippen LogP contribution >= 0.6 is 0 Å². The number of carbonyl (C=O) groups excluding carboxylic acids is 2. The average molecular weight is 537 g/mol. The van der Waals surface area contributed by atoms with Crippen molar-refractivity contribution in [3.8, 4) is 0 Å². The van der Waals surface area contributed by atoms with Crippen LogP contribution in [-0.4, -0.2) is 18.2 Å². The van der Waals surface area contributed by atoms with E-state index in [1.165, 1.54) is 69.8 Å². The van der Waals surface area contributed by atoms with Gasteiger partial charge in [0.05, 0.1) is 6.61 Å². The summed E-state index contributed by atoms with van der Waals surface area (Å²) < 4.78 is 6.21. The minimum atomic E-state index is -0.108. The molecule has 210 valence electrons. The second-order valence-electron chi connectivity index (χ2n) is 11.8. The van der Waals surface area contributed by atoms with E-state index in [4.69, 9.17) is 4.74 Å². The Bertz CT molecular complexity index is 1320. The number of carbonyl (C=O) groups is 2. The number of hydrogen-bond acceptors (Lipinski definition) is 3. The summed E-state index contributed by atoms with van der Waals surface area (Å²) in [5.41, 5.74) is 5.39. The molecule has 0 heterocycles. The van der Waals surface area contributed by atoms with Crippen LogP contribution in [0.15, 0.2) is 65.8 Å². The zero-order valence-corrected chi connectivity index (χ0v) is 24.3. The first-order valence-corrected chi connectivity index (χ1v) is 15.7. The largest absolute Gasteiger partial charge is 0.493 e. The summed E-state index contributed by atoms with van der Waals surface area (Å²) >= 11 is 0. The van der Waals surface area contributed by atoms with E-state index in [1.807, 2.05) is 42.5 Å². The normalized spacial score (nSPS) is 21.8. The maximum Gasteiger partial charge on any atom is 0.194 e. The number of hydrogen-bond donors (Lipinski definition) is 0. The smallest absolute Gasteiger partial charge is 0.194 e. The van der Waals surface area contributed by atoms with Gasteiger partial charge in [-0.3, -0.25) is 9.59 Å². The Morgan fingerprint density at radius 2 is 1.45 bits per heavy atom.